The lowest BCUT2D eigenvalue weighted by molar-refractivity contribution is -0.192. The molecule has 2 aliphatic heterocycles. The number of carbonyl (C=O) groups excluding carboxylic acids is 4. The Bertz CT molecular complexity index is 1610. The zero-order valence-electron chi connectivity index (χ0n) is 29.0. The van der Waals surface area contributed by atoms with Crippen molar-refractivity contribution >= 4 is 37.4 Å². The van der Waals surface area contributed by atoms with E-state index in [-0.39, 0.29) is 35.9 Å². The Hall–Kier alpha value is -4.51. The Labute approximate surface area is 304 Å². The summed E-state index contributed by atoms with van der Waals surface area (Å²) in [4.78, 5) is 82.1. The lowest BCUT2D eigenvalue weighted by atomic mass is 9.98. The van der Waals surface area contributed by atoms with Crippen LogP contribution in [-0.4, -0.2) is 85.8 Å². The van der Waals surface area contributed by atoms with Gasteiger partial charge in [0.25, 0.3) is 0 Å². The molecule has 2 aliphatic rings. The minimum atomic E-state index is -5.08. The molecule has 0 saturated carbocycles. The molecule has 8 N–H and O–H groups in total. The highest BCUT2D eigenvalue weighted by Gasteiger charge is 2.44. The smallest absolute Gasteiger partial charge is 0.475 e. The third-order valence-corrected chi connectivity index (χ3v) is 9.11. The molecule has 53 heavy (non-hydrogen) atoms. The SMILES string of the molecule is CCC[C@H](NC(=O)[C@@H]1CCC2CCCC[C@H](NC(=O)[C@@H](N)Cc3ccc(OP(=O)(O)O)cc3)C(=O)N21)C(=O)NCc1ccccc1.O=C(O)C(F)(F)F. The number of carbonyl (C=O) groups is 5. The van der Waals surface area contributed by atoms with Crippen LogP contribution in [0.2, 0.25) is 0 Å². The van der Waals surface area contributed by atoms with Crippen molar-refractivity contribution in [1.82, 2.24) is 20.9 Å². The van der Waals surface area contributed by atoms with E-state index >= 15 is 0 Å². The normalized spacial score (nSPS) is 19.9. The number of fused-ring (bicyclic) bond motifs is 1. The van der Waals surface area contributed by atoms with Gasteiger partial charge in [-0.05, 0) is 61.8 Å². The van der Waals surface area contributed by atoms with Crippen LogP contribution in [0.1, 0.15) is 69.4 Å². The average Bonchev–Trinajstić information content (AvgIpc) is 3.51. The summed E-state index contributed by atoms with van der Waals surface area (Å²) in [5.41, 5.74) is 7.76. The standard InChI is InChI=1S/C32H44N5O8P.C2HF3O2/c1-2-8-26(30(39)34-20-22-9-4-3-5-10-22)35-31(40)28-18-15-23-11-6-7-12-27(32(41)37(23)28)36-29(38)25(33)19-21-13-16-24(17-14-21)45-46(42,43)44;3-2(4,5)1(6)7/h3-5,9-10,13-14,16-17,23,25-28H,2,6-8,11-12,15,18-20,33H2,1H3,(H,34,39)(H,35,40)(H,36,38)(H2,42,43,44);(H,6,7)/t23?,25-,26-,27-,28-;/m0./s1. The zero-order chi connectivity index (χ0) is 39.3. The number of hydrogen-bond donors (Lipinski definition) is 7. The van der Waals surface area contributed by atoms with Crippen LogP contribution in [0.25, 0.3) is 0 Å². The number of rotatable bonds is 13. The maximum atomic E-state index is 13.9. The van der Waals surface area contributed by atoms with Crippen LogP contribution in [0.3, 0.4) is 0 Å². The van der Waals surface area contributed by atoms with E-state index < -0.39 is 50.0 Å². The molecule has 5 atom stereocenters. The minimum Gasteiger partial charge on any atom is -0.475 e. The van der Waals surface area contributed by atoms with Crippen LogP contribution in [-0.2, 0) is 41.5 Å². The van der Waals surface area contributed by atoms with Crippen LogP contribution < -0.4 is 26.2 Å². The van der Waals surface area contributed by atoms with E-state index in [4.69, 9.17) is 25.4 Å². The third-order valence-electron chi connectivity index (χ3n) is 8.66. The first-order valence-corrected chi connectivity index (χ1v) is 18.6. The van der Waals surface area contributed by atoms with Crippen LogP contribution in [0.5, 0.6) is 5.75 Å². The minimum absolute atomic E-state index is 0.0252. The van der Waals surface area contributed by atoms with Crippen molar-refractivity contribution in [2.45, 2.75) is 108 Å². The molecule has 2 saturated heterocycles. The number of aliphatic carboxylic acids is 1. The first kappa shape index (κ1) is 42.9. The molecule has 19 heteroatoms. The number of benzene rings is 2. The Morgan fingerprint density at radius 1 is 0.962 bits per heavy atom. The highest BCUT2D eigenvalue weighted by atomic mass is 31.2. The summed E-state index contributed by atoms with van der Waals surface area (Å²) in [5.74, 6) is -4.30. The number of alkyl halides is 3. The Balaban J connectivity index is 0.000000980. The summed E-state index contributed by atoms with van der Waals surface area (Å²) >= 11 is 0. The first-order chi connectivity index (χ1) is 24.9. The Morgan fingerprint density at radius 2 is 1.58 bits per heavy atom. The van der Waals surface area contributed by atoms with Gasteiger partial charge in [-0.1, -0.05) is 68.7 Å². The summed E-state index contributed by atoms with van der Waals surface area (Å²) < 4.78 is 47.3. The van der Waals surface area contributed by atoms with Crippen molar-refractivity contribution in [3.05, 3.63) is 65.7 Å². The molecular formula is C34H45F3N5O10P. The molecule has 4 amide bonds. The molecule has 15 nitrogen and oxygen atoms in total. The lowest BCUT2D eigenvalue weighted by Gasteiger charge is -2.36. The predicted molar refractivity (Wildman–Crippen MR) is 184 cm³/mol. The maximum Gasteiger partial charge on any atom is 0.524 e. The van der Waals surface area contributed by atoms with Crippen LogP contribution in [0.4, 0.5) is 13.2 Å². The molecule has 0 radical (unpaired) electrons. The second-order valence-corrected chi connectivity index (χ2v) is 13.9. The molecule has 292 valence electrons. The van der Waals surface area contributed by atoms with Crippen molar-refractivity contribution in [2.75, 3.05) is 0 Å². The van der Waals surface area contributed by atoms with Gasteiger partial charge < -0.3 is 36.2 Å². The van der Waals surface area contributed by atoms with E-state index in [1.165, 1.54) is 12.1 Å². The van der Waals surface area contributed by atoms with Gasteiger partial charge in [0.1, 0.15) is 23.9 Å². The summed E-state index contributed by atoms with van der Waals surface area (Å²) in [6.45, 7) is 2.27. The quantitative estimate of drug-likeness (QED) is 0.146. The lowest BCUT2D eigenvalue weighted by Crippen LogP contribution is -2.59. The number of nitrogens with zero attached hydrogens (tertiary/aromatic N) is 1. The van der Waals surface area contributed by atoms with Gasteiger partial charge in [0.05, 0.1) is 6.04 Å². The molecule has 0 bridgehead atoms. The van der Waals surface area contributed by atoms with Gasteiger partial charge >= 0.3 is 20.0 Å². The van der Waals surface area contributed by atoms with E-state index in [0.29, 0.717) is 44.2 Å². The number of halogens is 3. The number of carboxylic acid groups (broad SMARTS) is 1. The number of amides is 4. The summed E-state index contributed by atoms with van der Waals surface area (Å²) in [7, 11) is -4.69. The predicted octanol–water partition coefficient (Wildman–Crippen LogP) is 2.68. The summed E-state index contributed by atoms with van der Waals surface area (Å²) in [5, 5.41) is 15.7. The van der Waals surface area contributed by atoms with Gasteiger partial charge in [0.15, 0.2) is 0 Å². The van der Waals surface area contributed by atoms with Crippen molar-refractivity contribution < 1.29 is 61.1 Å². The molecule has 2 fully saturated rings. The van der Waals surface area contributed by atoms with E-state index in [1.54, 1.807) is 17.0 Å². The van der Waals surface area contributed by atoms with E-state index in [0.717, 1.165) is 24.8 Å². The molecule has 0 spiro atoms. The Kier molecular flexibility index (Phi) is 15.8. The largest absolute Gasteiger partial charge is 0.524 e. The van der Waals surface area contributed by atoms with E-state index in [1.807, 2.05) is 37.3 Å². The monoisotopic (exact) mass is 771 g/mol. The van der Waals surface area contributed by atoms with Gasteiger partial charge in [-0.15, -0.1) is 0 Å². The molecule has 4 rings (SSSR count). The number of nitrogens with one attached hydrogen (secondary N) is 3. The second kappa shape index (κ2) is 19.5. The van der Waals surface area contributed by atoms with Crippen molar-refractivity contribution in [1.29, 1.82) is 0 Å². The van der Waals surface area contributed by atoms with Crippen LogP contribution >= 0.6 is 7.82 Å². The second-order valence-electron chi connectivity index (χ2n) is 12.7. The molecule has 0 aliphatic carbocycles. The van der Waals surface area contributed by atoms with Gasteiger partial charge in [-0.3, -0.25) is 29.0 Å². The fourth-order valence-electron chi connectivity index (χ4n) is 6.11. The van der Waals surface area contributed by atoms with Crippen LogP contribution in [0, 0.1) is 0 Å². The molecule has 2 aromatic carbocycles. The highest BCUT2D eigenvalue weighted by molar-refractivity contribution is 7.46. The fourth-order valence-corrected chi connectivity index (χ4v) is 6.50. The number of hydrogen-bond acceptors (Lipinski definition) is 8. The van der Waals surface area contributed by atoms with Crippen molar-refractivity contribution in [3.8, 4) is 5.75 Å². The summed E-state index contributed by atoms with van der Waals surface area (Å²) in [6.07, 6.45) is 0.0200. The third kappa shape index (κ3) is 13.8. The number of carboxylic acids is 1. The number of phosphoric acid groups is 1. The van der Waals surface area contributed by atoms with Crippen LogP contribution in [0.15, 0.2) is 54.6 Å². The Morgan fingerprint density at radius 3 is 2.17 bits per heavy atom. The van der Waals surface area contributed by atoms with Gasteiger partial charge in [0, 0.05) is 12.6 Å². The molecule has 1 unspecified atom stereocenters. The highest BCUT2D eigenvalue weighted by Crippen LogP contribution is 2.37. The van der Waals surface area contributed by atoms with Gasteiger partial charge in [0.2, 0.25) is 23.6 Å². The number of phosphoric ester groups is 1. The molecule has 2 aromatic rings. The molecule has 2 heterocycles. The van der Waals surface area contributed by atoms with Gasteiger partial charge in [-0.25, -0.2) is 9.36 Å². The van der Waals surface area contributed by atoms with Gasteiger partial charge in [-0.2, -0.15) is 13.2 Å². The first-order valence-electron chi connectivity index (χ1n) is 17.0. The summed E-state index contributed by atoms with van der Waals surface area (Å²) in [6, 6.07) is 11.9. The zero-order valence-corrected chi connectivity index (χ0v) is 29.9. The average molecular weight is 772 g/mol. The molecule has 0 aromatic heterocycles. The van der Waals surface area contributed by atoms with Crippen molar-refractivity contribution in [3.63, 3.8) is 0 Å². The topological polar surface area (TPSA) is 238 Å². The van der Waals surface area contributed by atoms with E-state index in [9.17, 15) is 36.9 Å². The maximum absolute atomic E-state index is 13.9. The number of nitrogens with two attached hydrogens (primary N) is 1. The van der Waals surface area contributed by atoms with Crippen molar-refractivity contribution in [2.24, 2.45) is 5.73 Å². The van der Waals surface area contributed by atoms with E-state index in [2.05, 4.69) is 20.5 Å². The fraction of sp³-hybridized carbons (Fsp3) is 0.500. The molecular weight excluding hydrogens is 726 g/mol.